The molecule has 0 amide bonds. The number of phenols is 1. The maximum Gasteiger partial charge on any atom is 0.419 e. The third-order valence-electron chi connectivity index (χ3n) is 1.95. The van der Waals surface area contributed by atoms with Gasteiger partial charge in [-0.15, -0.1) is 0 Å². The lowest BCUT2D eigenvalue weighted by molar-refractivity contribution is -0.143. The van der Waals surface area contributed by atoms with Gasteiger partial charge in [0.25, 0.3) is 5.24 Å². The van der Waals surface area contributed by atoms with Crippen LogP contribution in [0.1, 0.15) is 21.5 Å². The van der Waals surface area contributed by atoms with E-state index in [0.29, 0.717) is 0 Å². The molecule has 0 aliphatic carbocycles. The van der Waals surface area contributed by atoms with E-state index in [9.17, 15) is 31.1 Å². The van der Waals surface area contributed by atoms with Gasteiger partial charge >= 0.3 is 12.4 Å². The van der Waals surface area contributed by atoms with Crippen LogP contribution in [0.3, 0.4) is 0 Å². The van der Waals surface area contributed by atoms with Crippen molar-refractivity contribution in [2.45, 2.75) is 12.4 Å². The van der Waals surface area contributed by atoms with E-state index in [1.54, 1.807) is 0 Å². The van der Waals surface area contributed by atoms with E-state index in [1.165, 1.54) is 0 Å². The summed E-state index contributed by atoms with van der Waals surface area (Å²) >= 11 is 4.82. The number of benzene rings is 1. The fourth-order valence-electron chi connectivity index (χ4n) is 1.16. The minimum atomic E-state index is -5.24. The first kappa shape index (κ1) is 14.6. The standard InChI is InChI=1S/C9H3ClF6O2/c10-7(18)4-1-3(8(11,12)13)2-5(6(4)17)9(14,15)16/h1-2,17H. The van der Waals surface area contributed by atoms with Crippen LogP contribution in [0.5, 0.6) is 5.75 Å². The number of rotatable bonds is 1. The largest absolute Gasteiger partial charge is 0.507 e. The van der Waals surface area contributed by atoms with Gasteiger partial charge in [0.15, 0.2) is 0 Å². The van der Waals surface area contributed by atoms with Crippen LogP contribution in [0.2, 0.25) is 0 Å². The first-order chi connectivity index (χ1) is 7.94. The van der Waals surface area contributed by atoms with Crippen LogP contribution in [0.4, 0.5) is 26.3 Å². The molecule has 1 aromatic rings. The van der Waals surface area contributed by atoms with E-state index in [-0.39, 0.29) is 12.1 Å². The highest BCUT2D eigenvalue weighted by Gasteiger charge is 2.40. The Labute approximate surface area is 101 Å². The zero-order valence-electron chi connectivity index (χ0n) is 8.16. The number of halogens is 7. The topological polar surface area (TPSA) is 37.3 Å². The third-order valence-corrected chi connectivity index (χ3v) is 2.16. The lowest BCUT2D eigenvalue weighted by Crippen LogP contribution is -2.13. The van der Waals surface area contributed by atoms with Crippen LogP contribution >= 0.6 is 11.6 Å². The van der Waals surface area contributed by atoms with Crippen molar-refractivity contribution in [1.82, 2.24) is 0 Å². The molecule has 18 heavy (non-hydrogen) atoms. The van der Waals surface area contributed by atoms with Crippen LogP contribution in [0.25, 0.3) is 0 Å². The summed E-state index contributed by atoms with van der Waals surface area (Å²) in [7, 11) is 0. The molecule has 0 spiro atoms. The Kier molecular flexibility index (Phi) is 3.53. The monoisotopic (exact) mass is 292 g/mol. The van der Waals surface area contributed by atoms with E-state index in [2.05, 4.69) is 0 Å². The molecule has 0 saturated heterocycles. The molecule has 2 nitrogen and oxygen atoms in total. The average Bonchev–Trinajstić information content (AvgIpc) is 2.13. The van der Waals surface area contributed by atoms with Crippen LogP contribution in [-0.2, 0) is 12.4 Å². The Balaban J connectivity index is 3.63. The summed E-state index contributed by atoms with van der Waals surface area (Å²) in [5.41, 5.74) is -4.95. The zero-order chi connectivity index (χ0) is 14.3. The number of alkyl halides is 6. The molecular weight excluding hydrogens is 290 g/mol. The van der Waals surface area contributed by atoms with Crippen molar-refractivity contribution in [3.05, 3.63) is 28.8 Å². The molecule has 100 valence electrons. The normalized spacial score (nSPS) is 12.6. The molecule has 0 heterocycles. The Morgan fingerprint density at radius 1 is 1.06 bits per heavy atom. The van der Waals surface area contributed by atoms with E-state index < -0.39 is 40.0 Å². The summed E-state index contributed by atoms with van der Waals surface area (Å²) in [4.78, 5) is 10.7. The van der Waals surface area contributed by atoms with Crippen molar-refractivity contribution >= 4 is 16.8 Å². The van der Waals surface area contributed by atoms with Gasteiger partial charge in [-0.3, -0.25) is 4.79 Å². The summed E-state index contributed by atoms with van der Waals surface area (Å²) in [5, 5.41) is 7.47. The van der Waals surface area contributed by atoms with Gasteiger partial charge in [-0.25, -0.2) is 0 Å². The average molecular weight is 293 g/mol. The fourth-order valence-corrected chi connectivity index (χ4v) is 1.31. The van der Waals surface area contributed by atoms with Crippen LogP contribution in [-0.4, -0.2) is 10.3 Å². The predicted octanol–water partition coefficient (Wildman–Crippen LogP) is 3.81. The lowest BCUT2D eigenvalue weighted by atomic mass is 10.0. The Bertz CT molecular complexity index is 491. The van der Waals surface area contributed by atoms with E-state index >= 15 is 0 Å². The summed E-state index contributed by atoms with van der Waals surface area (Å²) in [5.74, 6) is -1.63. The number of aromatic hydroxyl groups is 1. The van der Waals surface area contributed by atoms with Crippen molar-refractivity contribution in [3.63, 3.8) is 0 Å². The van der Waals surface area contributed by atoms with Crippen molar-refractivity contribution in [1.29, 1.82) is 0 Å². The summed E-state index contributed by atoms with van der Waals surface area (Å²) in [6.07, 6.45) is -10.3. The molecule has 0 aliphatic rings. The Hall–Kier alpha value is -1.44. The summed E-state index contributed by atoms with van der Waals surface area (Å²) in [6.45, 7) is 0. The van der Waals surface area contributed by atoms with E-state index in [4.69, 9.17) is 16.7 Å². The van der Waals surface area contributed by atoms with Crippen molar-refractivity contribution < 1.29 is 36.2 Å². The molecular formula is C9H3ClF6O2. The van der Waals surface area contributed by atoms with Gasteiger partial charge in [-0.2, -0.15) is 26.3 Å². The van der Waals surface area contributed by atoms with Gasteiger partial charge in [0.05, 0.1) is 16.7 Å². The molecule has 1 N–H and O–H groups in total. The van der Waals surface area contributed by atoms with Crippen molar-refractivity contribution in [2.75, 3.05) is 0 Å². The first-order valence-electron chi connectivity index (χ1n) is 4.16. The molecule has 0 fully saturated rings. The number of hydrogen-bond acceptors (Lipinski definition) is 2. The van der Waals surface area contributed by atoms with Gasteiger partial charge in [0.1, 0.15) is 5.75 Å². The highest BCUT2D eigenvalue weighted by molar-refractivity contribution is 6.68. The molecule has 0 saturated carbocycles. The Morgan fingerprint density at radius 3 is 1.89 bits per heavy atom. The van der Waals surface area contributed by atoms with E-state index in [1.807, 2.05) is 0 Å². The first-order valence-corrected chi connectivity index (χ1v) is 4.53. The van der Waals surface area contributed by atoms with Crippen molar-refractivity contribution in [2.24, 2.45) is 0 Å². The van der Waals surface area contributed by atoms with Gasteiger partial charge in [0.2, 0.25) is 0 Å². The lowest BCUT2D eigenvalue weighted by Gasteiger charge is -2.14. The summed E-state index contributed by atoms with van der Waals surface area (Å²) in [6, 6.07) is -0.238. The second kappa shape index (κ2) is 4.34. The molecule has 0 radical (unpaired) electrons. The van der Waals surface area contributed by atoms with Crippen molar-refractivity contribution in [3.8, 4) is 5.75 Å². The maximum absolute atomic E-state index is 12.4. The second-order valence-corrected chi connectivity index (χ2v) is 3.53. The SMILES string of the molecule is O=C(Cl)c1cc(C(F)(F)F)cc(C(F)(F)F)c1O. The minimum absolute atomic E-state index is 0.0555. The molecule has 9 heteroatoms. The highest BCUT2D eigenvalue weighted by Crippen LogP contribution is 2.42. The van der Waals surface area contributed by atoms with Gasteiger partial charge in [-0.05, 0) is 23.7 Å². The predicted molar refractivity (Wildman–Crippen MR) is 48.3 cm³/mol. The molecule has 1 aromatic carbocycles. The maximum atomic E-state index is 12.4. The molecule has 0 aromatic heterocycles. The molecule has 1 rings (SSSR count). The zero-order valence-corrected chi connectivity index (χ0v) is 8.91. The molecule has 0 unspecified atom stereocenters. The molecule has 0 atom stereocenters. The van der Waals surface area contributed by atoms with Gasteiger partial charge in [0, 0.05) is 0 Å². The van der Waals surface area contributed by atoms with Gasteiger partial charge in [-0.1, -0.05) is 0 Å². The number of hydrogen-bond donors (Lipinski definition) is 1. The number of carbonyl (C=O) groups is 1. The van der Waals surface area contributed by atoms with Gasteiger partial charge < -0.3 is 5.11 Å². The smallest absolute Gasteiger partial charge is 0.419 e. The molecule has 0 bridgehead atoms. The third kappa shape index (κ3) is 2.87. The molecule has 0 aliphatic heterocycles. The minimum Gasteiger partial charge on any atom is -0.507 e. The number of carbonyl (C=O) groups excluding carboxylic acids is 1. The van der Waals surface area contributed by atoms with Crippen LogP contribution < -0.4 is 0 Å². The van der Waals surface area contributed by atoms with E-state index in [0.717, 1.165) is 0 Å². The highest BCUT2D eigenvalue weighted by atomic mass is 35.5. The number of phenolic OH excluding ortho intramolecular Hbond substituents is 1. The second-order valence-electron chi connectivity index (χ2n) is 3.19. The van der Waals surface area contributed by atoms with Crippen LogP contribution in [0, 0.1) is 0 Å². The van der Waals surface area contributed by atoms with Crippen LogP contribution in [0.15, 0.2) is 12.1 Å². The fraction of sp³-hybridized carbons (Fsp3) is 0.222. The summed E-state index contributed by atoms with van der Waals surface area (Å²) < 4.78 is 74.1. The quantitative estimate of drug-likeness (QED) is 0.631. The Morgan fingerprint density at radius 2 is 1.56 bits per heavy atom.